The van der Waals surface area contributed by atoms with Crippen LogP contribution in [0.25, 0.3) is 0 Å². The van der Waals surface area contributed by atoms with Gasteiger partial charge in [-0.25, -0.2) is 0 Å². The normalized spacial score (nSPS) is 12.8. The van der Waals surface area contributed by atoms with Crippen LogP contribution in [0, 0.1) is 5.41 Å². The first-order valence-corrected chi connectivity index (χ1v) is 7.13. The van der Waals surface area contributed by atoms with Crippen LogP contribution in [0.5, 0.6) is 11.5 Å². The van der Waals surface area contributed by atoms with Crippen LogP contribution in [0.4, 0.5) is 0 Å². The summed E-state index contributed by atoms with van der Waals surface area (Å²) in [6.45, 7) is 7.68. The quantitative estimate of drug-likeness (QED) is 0.770. The molecule has 1 aromatic carbocycles. The Morgan fingerprint density at radius 3 is 2.52 bits per heavy atom. The van der Waals surface area contributed by atoms with E-state index in [9.17, 15) is 4.79 Å². The Labute approximate surface area is 126 Å². The zero-order valence-corrected chi connectivity index (χ0v) is 13.2. The second-order valence-electron chi connectivity index (χ2n) is 5.87. The van der Waals surface area contributed by atoms with Gasteiger partial charge in [0.15, 0.2) is 11.5 Å². The summed E-state index contributed by atoms with van der Waals surface area (Å²) in [4.78, 5) is 11.1. The van der Waals surface area contributed by atoms with Crippen LogP contribution >= 0.6 is 0 Å². The molecule has 0 aliphatic heterocycles. The van der Waals surface area contributed by atoms with Crippen molar-refractivity contribution in [3.63, 3.8) is 0 Å². The summed E-state index contributed by atoms with van der Waals surface area (Å²) in [5.41, 5.74) is 5.92. The van der Waals surface area contributed by atoms with Gasteiger partial charge in [-0.1, -0.05) is 6.07 Å². The Morgan fingerprint density at radius 1 is 1.33 bits per heavy atom. The molecule has 0 bridgehead atoms. The van der Waals surface area contributed by atoms with Crippen molar-refractivity contribution in [2.75, 3.05) is 13.2 Å². The molecule has 3 N–H and O–H groups in total. The topological polar surface area (TPSA) is 81.8 Å². The lowest BCUT2D eigenvalue weighted by atomic mass is 9.95. The number of carboxylic acids is 1. The van der Waals surface area contributed by atoms with Crippen molar-refractivity contribution in [3.8, 4) is 11.5 Å². The molecule has 118 valence electrons. The molecule has 0 saturated carbocycles. The van der Waals surface area contributed by atoms with Crippen molar-refractivity contribution < 1.29 is 19.4 Å². The highest BCUT2D eigenvalue weighted by atomic mass is 16.5. The third kappa shape index (κ3) is 5.27. The minimum Gasteiger partial charge on any atom is -0.490 e. The number of hydrogen-bond acceptors (Lipinski definition) is 4. The molecule has 1 rings (SSSR count). The maximum atomic E-state index is 11.1. The molecular formula is C16H25NO4. The smallest absolute Gasteiger partial charge is 0.312 e. The summed E-state index contributed by atoms with van der Waals surface area (Å²) in [5.74, 6) is 0.283. The molecule has 0 amide bonds. The van der Waals surface area contributed by atoms with E-state index in [2.05, 4.69) is 0 Å². The average molecular weight is 295 g/mol. The van der Waals surface area contributed by atoms with E-state index in [1.54, 1.807) is 19.9 Å². The Kier molecular flexibility index (Phi) is 6.03. The van der Waals surface area contributed by atoms with E-state index in [1.165, 1.54) is 0 Å². The standard InChI is InChI=1S/C16H25NO4/c1-5-20-14-9-12(8-11(2)17)6-7-13(14)21-10-16(3,4)15(18)19/h6-7,9,11H,5,8,10,17H2,1-4H3,(H,18,19). The van der Waals surface area contributed by atoms with Gasteiger partial charge in [0.05, 0.1) is 12.0 Å². The summed E-state index contributed by atoms with van der Waals surface area (Å²) >= 11 is 0. The predicted octanol–water partition coefficient (Wildman–Crippen LogP) is 2.46. The van der Waals surface area contributed by atoms with Crippen molar-refractivity contribution in [2.24, 2.45) is 11.1 Å². The van der Waals surface area contributed by atoms with Gasteiger partial charge in [0.25, 0.3) is 0 Å². The number of hydrogen-bond donors (Lipinski definition) is 2. The molecule has 0 spiro atoms. The maximum Gasteiger partial charge on any atom is 0.312 e. The molecule has 5 heteroatoms. The van der Waals surface area contributed by atoms with Gasteiger partial charge < -0.3 is 20.3 Å². The highest BCUT2D eigenvalue weighted by Crippen LogP contribution is 2.30. The lowest BCUT2D eigenvalue weighted by Gasteiger charge is -2.21. The number of rotatable bonds is 8. The Balaban J connectivity index is 2.88. The zero-order chi connectivity index (χ0) is 16.0. The molecular weight excluding hydrogens is 270 g/mol. The van der Waals surface area contributed by atoms with Gasteiger partial charge in [-0.15, -0.1) is 0 Å². The third-order valence-electron chi connectivity index (χ3n) is 3.03. The second kappa shape index (κ2) is 7.31. The molecule has 21 heavy (non-hydrogen) atoms. The van der Waals surface area contributed by atoms with E-state index >= 15 is 0 Å². The zero-order valence-electron chi connectivity index (χ0n) is 13.2. The van der Waals surface area contributed by atoms with Crippen LogP contribution < -0.4 is 15.2 Å². The number of aliphatic carboxylic acids is 1. The van der Waals surface area contributed by atoms with Gasteiger partial charge in [0.1, 0.15) is 6.61 Å². The maximum absolute atomic E-state index is 11.1. The van der Waals surface area contributed by atoms with Gasteiger partial charge in [-0.05, 0) is 51.8 Å². The summed E-state index contributed by atoms with van der Waals surface area (Å²) < 4.78 is 11.2. The largest absolute Gasteiger partial charge is 0.490 e. The third-order valence-corrected chi connectivity index (χ3v) is 3.03. The van der Waals surface area contributed by atoms with Gasteiger partial charge in [-0.2, -0.15) is 0 Å². The fourth-order valence-electron chi connectivity index (χ4n) is 1.76. The van der Waals surface area contributed by atoms with Crippen molar-refractivity contribution in [1.82, 2.24) is 0 Å². The van der Waals surface area contributed by atoms with Crippen LogP contribution in [0.15, 0.2) is 18.2 Å². The molecule has 0 aliphatic carbocycles. The van der Waals surface area contributed by atoms with Crippen LogP contribution in [0.2, 0.25) is 0 Å². The minimum absolute atomic E-state index is 0.0668. The molecule has 1 atom stereocenters. The number of nitrogens with two attached hydrogens (primary N) is 1. The van der Waals surface area contributed by atoms with Gasteiger partial charge in [-0.3, -0.25) is 4.79 Å². The monoisotopic (exact) mass is 295 g/mol. The van der Waals surface area contributed by atoms with E-state index in [1.807, 2.05) is 26.0 Å². The van der Waals surface area contributed by atoms with Gasteiger partial charge in [0, 0.05) is 6.04 Å². The van der Waals surface area contributed by atoms with Crippen LogP contribution in [-0.4, -0.2) is 30.3 Å². The average Bonchev–Trinajstić information content (AvgIpc) is 2.37. The lowest BCUT2D eigenvalue weighted by Crippen LogP contribution is -2.30. The van der Waals surface area contributed by atoms with Gasteiger partial charge in [0.2, 0.25) is 0 Å². The van der Waals surface area contributed by atoms with E-state index in [4.69, 9.17) is 20.3 Å². The van der Waals surface area contributed by atoms with Crippen molar-refractivity contribution in [2.45, 2.75) is 40.2 Å². The molecule has 0 saturated heterocycles. The van der Waals surface area contributed by atoms with Crippen LogP contribution in [-0.2, 0) is 11.2 Å². The highest BCUT2D eigenvalue weighted by molar-refractivity contribution is 5.73. The van der Waals surface area contributed by atoms with Crippen molar-refractivity contribution >= 4 is 5.97 Å². The molecule has 1 unspecified atom stereocenters. The summed E-state index contributed by atoms with van der Waals surface area (Å²) in [6, 6.07) is 5.70. The van der Waals surface area contributed by atoms with Crippen LogP contribution in [0.3, 0.4) is 0 Å². The first kappa shape index (κ1) is 17.3. The molecule has 0 aliphatic rings. The molecule has 1 aromatic rings. The minimum atomic E-state index is -0.950. The predicted molar refractivity (Wildman–Crippen MR) is 81.9 cm³/mol. The van der Waals surface area contributed by atoms with Gasteiger partial charge >= 0.3 is 5.97 Å². The first-order valence-electron chi connectivity index (χ1n) is 7.13. The number of benzene rings is 1. The van der Waals surface area contributed by atoms with E-state index in [0.29, 0.717) is 18.1 Å². The second-order valence-corrected chi connectivity index (χ2v) is 5.87. The fraction of sp³-hybridized carbons (Fsp3) is 0.562. The molecule has 0 radical (unpaired) electrons. The SMILES string of the molecule is CCOc1cc(CC(C)N)ccc1OCC(C)(C)C(=O)O. The van der Waals surface area contributed by atoms with Crippen molar-refractivity contribution in [3.05, 3.63) is 23.8 Å². The number of carboxylic acid groups (broad SMARTS) is 1. The first-order chi connectivity index (χ1) is 9.76. The molecule has 0 aromatic heterocycles. The molecule has 5 nitrogen and oxygen atoms in total. The Bertz CT molecular complexity index is 483. The molecule has 0 heterocycles. The number of carbonyl (C=O) groups is 1. The summed E-state index contributed by atoms with van der Waals surface area (Å²) in [5, 5.41) is 9.11. The number of ether oxygens (including phenoxy) is 2. The van der Waals surface area contributed by atoms with Crippen molar-refractivity contribution in [1.29, 1.82) is 0 Å². The lowest BCUT2D eigenvalue weighted by molar-refractivity contribution is -0.148. The highest BCUT2D eigenvalue weighted by Gasteiger charge is 2.28. The van der Waals surface area contributed by atoms with E-state index in [-0.39, 0.29) is 12.6 Å². The Hall–Kier alpha value is -1.75. The Morgan fingerprint density at radius 2 is 2.00 bits per heavy atom. The molecule has 0 fully saturated rings. The summed E-state index contributed by atoms with van der Waals surface area (Å²) in [7, 11) is 0. The van der Waals surface area contributed by atoms with E-state index in [0.717, 1.165) is 12.0 Å². The summed E-state index contributed by atoms with van der Waals surface area (Å²) in [6.07, 6.45) is 0.751. The fourth-order valence-corrected chi connectivity index (χ4v) is 1.76. The van der Waals surface area contributed by atoms with Crippen LogP contribution in [0.1, 0.15) is 33.3 Å². The van der Waals surface area contributed by atoms with E-state index < -0.39 is 11.4 Å².